The van der Waals surface area contributed by atoms with Crippen LogP contribution in [-0.4, -0.2) is 60.3 Å². The Balaban J connectivity index is 1.45. The SMILES string of the molecule is CC(=O)OC[C@@]12C[C@@H]3O[C@]34[C@H]([C@@H]1[C@H]1CC(=O)[C@@H]2O1)[C@H]1CC(=O)[C@@H]4O1. The monoisotopic (exact) mass is 334 g/mol. The highest BCUT2D eigenvalue weighted by Gasteiger charge is 2.86. The Morgan fingerprint density at radius 2 is 1.79 bits per heavy atom. The molecule has 4 bridgehead atoms. The predicted molar refractivity (Wildman–Crippen MR) is 74.8 cm³/mol. The number of rotatable bonds is 2. The summed E-state index contributed by atoms with van der Waals surface area (Å²) in [5.41, 5.74) is -1.04. The molecular formula is C17H18O7. The van der Waals surface area contributed by atoms with Crippen molar-refractivity contribution in [2.75, 3.05) is 6.61 Å². The highest BCUT2D eigenvalue weighted by Crippen LogP contribution is 2.73. The Labute approximate surface area is 137 Å². The van der Waals surface area contributed by atoms with Crippen LogP contribution >= 0.6 is 0 Å². The minimum absolute atomic E-state index is 0.0430. The molecule has 0 aromatic carbocycles. The zero-order valence-corrected chi connectivity index (χ0v) is 13.2. The minimum Gasteiger partial charge on any atom is -0.465 e. The molecule has 6 rings (SSSR count). The van der Waals surface area contributed by atoms with Crippen molar-refractivity contribution in [3.05, 3.63) is 0 Å². The highest BCUT2D eigenvalue weighted by molar-refractivity contribution is 5.90. The topological polar surface area (TPSA) is 91.4 Å². The van der Waals surface area contributed by atoms with Crippen LogP contribution in [0, 0.1) is 17.3 Å². The molecule has 0 aromatic heterocycles. The van der Waals surface area contributed by atoms with E-state index < -0.39 is 23.2 Å². The molecule has 128 valence electrons. The van der Waals surface area contributed by atoms with E-state index in [1.165, 1.54) is 6.92 Å². The molecule has 0 aromatic rings. The lowest BCUT2D eigenvalue weighted by Gasteiger charge is -2.48. The predicted octanol–water partition coefficient (Wildman–Crippen LogP) is -0.210. The molecule has 24 heavy (non-hydrogen) atoms. The summed E-state index contributed by atoms with van der Waals surface area (Å²) in [7, 11) is 0. The van der Waals surface area contributed by atoms with Gasteiger partial charge in [-0.3, -0.25) is 14.4 Å². The molecule has 7 nitrogen and oxygen atoms in total. The quantitative estimate of drug-likeness (QED) is 0.510. The van der Waals surface area contributed by atoms with E-state index in [9.17, 15) is 14.4 Å². The van der Waals surface area contributed by atoms with Crippen molar-refractivity contribution >= 4 is 17.5 Å². The molecular weight excluding hydrogens is 316 g/mol. The van der Waals surface area contributed by atoms with Gasteiger partial charge < -0.3 is 18.9 Å². The molecule has 0 radical (unpaired) electrons. The summed E-state index contributed by atoms with van der Waals surface area (Å²) in [5, 5.41) is 0. The number of hydrogen-bond donors (Lipinski definition) is 0. The van der Waals surface area contributed by atoms with Gasteiger partial charge in [-0.05, 0) is 6.42 Å². The lowest BCUT2D eigenvalue weighted by atomic mass is 9.50. The van der Waals surface area contributed by atoms with Crippen molar-refractivity contribution in [2.45, 2.75) is 62.3 Å². The van der Waals surface area contributed by atoms with Crippen LogP contribution in [0.25, 0.3) is 0 Å². The smallest absolute Gasteiger partial charge is 0.302 e. The normalized spacial score (nSPS) is 58.5. The highest BCUT2D eigenvalue weighted by atomic mass is 16.7. The first-order valence-electron chi connectivity index (χ1n) is 8.65. The van der Waals surface area contributed by atoms with Gasteiger partial charge in [-0.25, -0.2) is 0 Å². The van der Waals surface area contributed by atoms with E-state index in [1.807, 2.05) is 0 Å². The summed E-state index contributed by atoms with van der Waals surface area (Å²) in [6.07, 6.45) is -0.0185. The molecule has 0 amide bonds. The average Bonchev–Trinajstić information content (AvgIpc) is 2.86. The molecule has 7 heteroatoms. The zero-order valence-electron chi connectivity index (χ0n) is 13.2. The Hall–Kier alpha value is -1.31. The lowest BCUT2D eigenvalue weighted by Crippen LogP contribution is -2.61. The van der Waals surface area contributed by atoms with E-state index in [2.05, 4.69) is 0 Å². The van der Waals surface area contributed by atoms with E-state index in [0.717, 1.165) is 0 Å². The fourth-order valence-corrected chi connectivity index (χ4v) is 6.55. The number of carbonyl (C=O) groups is 3. The number of ether oxygens (including phenoxy) is 4. The third-order valence-electron chi connectivity index (χ3n) is 7.22. The number of fused-ring (bicyclic) bond motifs is 9. The van der Waals surface area contributed by atoms with Gasteiger partial charge in [-0.1, -0.05) is 0 Å². The molecule has 5 aliphatic heterocycles. The van der Waals surface area contributed by atoms with Gasteiger partial charge in [0, 0.05) is 37.0 Å². The van der Waals surface area contributed by atoms with Gasteiger partial charge in [0.2, 0.25) is 0 Å². The third kappa shape index (κ3) is 1.30. The molecule has 1 aliphatic carbocycles. The largest absolute Gasteiger partial charge is 0.465 e. The fourth-order valence-electron chi connectivity index (χ4n) is 6.55. The Morgan fingerprint density at radius 1 is 1.12 bits per heavy atom. The number of epoxide rings is 1. The van der Waals surface area contributed by atoms with Gasteiger partial charge in [-0.2, -0.15) is 0 Å². The summed E-state index contributed by atoms with van der Waals surface area (Å²) in [4.78, 5) is 35.9. The minimum atomic E-state index is -0.530. The van der Waals surface area contributed by atoms with Crippen LogP contribution in [0.1, 0.15) is 26.2 Å². The Bertz CT molecular complexity index is 703. The zero-order chi connectivity index (χ0) is 16.4. The lowest BCUT2D eigenvalue weighted by molar-refractivity contribution is -0.153. The Kier molecular flexibility index (Phi) is 2.27. The van der Waals surface area contributed by atoms with Crippen LogP contribution in [0.5, 0.6) is 0 Å². The van der Waals surface area contributed by atoms with Gasteiger partial charge in [-0.15, -0.1) is 0 Å². The maximum Gasteiger partial charge on any atom is 0.302 e. The van der Waals surface area contributed by atoms with Gasteiger partial charge in [0.1, 0.15) is 24.4 Å². The van der Waals surface area contributed by atoms with E-state index in [4.69, 9.17) is 18.9 Å². The number of hydrogen-bond acceptors (Lipinski definition) is 7. The van der Waals surface area contributed by atoms with E-state index in [-0.39, 0.29) is 54.3 Å². The maximum atomic E-state index is 12.4. The van der Waals surface area contributed by atoms with Crippen LogP contribution in [0.4, 0.5) is 0 Å². The maximum absolute atomic E-state index is 12.4. The van der Waals surface area contributed by atoms with Gasteiger partial charge >= 0.3 is 5.97 Å². The van der Waals surface area contributed by atoms with Crippen molar-refractivity contribution in [1.82, 2.24) is 0 Å². The summed E-state index contributed by atoms with van der Waals surface area (Å²) < 4.78 is 23.4. The summed E-state index contributed by atoms with van der Waals surface area (Å²) >= 11 is 0. The first kappa shape index (κ1) is 13.9. The summed E-state index contributed by atoms with van der Waals surface area (Å²) in [6, 6.07) is 0. The van der Waals surface area contributed by atoms with E-state index in [1.54, 1.807) is 0 Å². The molecule has 1 saturated carbocycles. The van der Waals surface area contributed by atoms with Crippen molar-refractivity contribution < 1.29 is 33.3 Å². The van der Waals surface area contributed by atoms with Crippen LogP contribution in [0.3, 0.4) is 0 Å². The van der Waals surface area contributed by atoms with E-state index in [0.29, 0.717) is 19.3 Å². The van der Waals surface area contributed by atoms with Crippen molar-refractivity contribution in [1.29, 1.82) is 0 Å². The van der Waals surface area contributed by atoms with Crippen LogP contribution < -0.4 is 0 Å². The molecule has 6 aliphatic rings. The molecule has 0 unspecified atom stereocenters. The number of carbonyl (C=O) groups excluding carboxylic acids is 3. The first-order chi connectivity index (χ1) is 11.5. The molecule has 5 heterocycles. The first-order valence-corrected chi connectivity index (χ1v) is 8.65. The van der Waals surface area contributed by atoms with Gasteiger partial charge in [0.15, 0.2) is 11.6 Å². The second kappa shape index (κ2) is 3.92. The third-order valence-corrected chi connectivity index (χ3v) is 7.22. The fraction of sp³-hybridized carbons (Fsp3) is 0.824. The summed E-state index contributed by atoms with van der Waals surface area (Å²) in [5.74, 6) is -0.0339. The van der Waals surface area contributed by atoms with Gasteiger partial charge in [0.25, 0.3) is 0 Å². The molecule has 0 N–H and O–H groups in total. The average molecular weight is 334 g/mol. The van der Waals surface area contributed by atoms with Crippen LogP contribution in [0.2, 0.25) is 0 Å². The Morgan fingerprint density at radius 3 is 2.54 bits per heavy atom. The van der Waals surface area contributed by atoms with Gasteiger partial charge in [0.05, 0.1) is 18.3 Å². The van der Waals surface area contributed by atoms with Crippen LogP contribution in [-0.2, 0) is 33.3 Å². The number of Topliss-reactive ketones (excluding diaryl/α,β-unsaturated/α-hetero) is 2. The molecule has 1 spiro atoms. The number of ketones is 2. The summed E-state index contributed by atoms with van der Waals surface area (Å²) in [6.45, 7) is 1.55. The molecule has 5 saturated heterocycles. The van der Waals surface area contributed by atoms with Crippen molar-refractivity contribution in [2.24, 2.45) is 17.3 Å². The second-order valence-corrected chi connectivity index (χ2v) is 8.18. The number of esters is 1. The van der Waals surface area contributed by atoms with Crippen molar-refractivity contribution in [3.8, 4) is 0 Å². The molecule has 6 fully saturated rings. The van der Waals surface area contributed by atoms with Crippen molar-refractivity contribution in [3.63, 3.8) is 0 Å². The van der Waals surface area contributed by atoms with Crippen LogP contribution in [0.15, 0.2) is 0 Å². The standard InChI is InChI=1S/C17H18O7/c1-6(18)21-5-16-4-11-17(24-11)13(10-3-8(20)15(17)23-10)12(16)9-2-7(19)14(16)22-9/h9-15H,2-5H2,1H3/t9-,10-,11+,12+,13+,14+,15+,16+,17+/m1/s1. The second-order valence-electron chi connectivity index (χ2n) is 8.18. The van der Waals surface area contributed by atoms with E-state index >= 15 is 0 Å². The molecule has 9 atom stereocenters.